The Morgan fingerprint density at radius 2 is 1.96 bits per heavy atom. The fraction of sp³-hybridized carbons (Fsp3) is 0.263. The summed E-state index contributed by atoms with van der Waals surface area (Å²) in [6.07, 6.45) is 8.88. The number of hydrogen-bond donors (Lipinski definition) is 2. The largest absolute Gasteiger partial charge is 0.508 e. The zero-order valence-electron chi connectivity index (χ0n) is 14.3. The van der Waals surface area contributed by atoms with Gasteiger partial charge in [-0.1, -0.05) is 12.1 Å². The highest BCUT2D eigenvalue weighted by atomic mass is 16.3. The molecule has 2 aromatic heterocycles. The number of hydrogen-bond acceptors (Lipinski definition) is 7. The van der Waals surface area contributed by atoms with Crippen LogP contribution < -0.4 is 5.32 Å². The first kappa shape index (κ1) is 16.4. The normalized spacial score (nSPS) is 17.3. The summed E-state index contributed by atoms with van der Waals surface area (Å²) >= 11 is 0. The number of rotatable bonds is 5. The van der Waals surface area contributed by atoms with Crippen LogP contribution in [0.5, 0.6) is 5.75 Å². The predicted octanol–water partition coefficient (Wildman–Crippen LogP) is 3.05. The summed E-state index contributed by atoms with van der Waals surface area (Å²) in [6.45, 7) is 1.87. The lowest BCUT2D eigenvalue weighted by atomic mass is 10.1. The first-order valence-electron chi connectivity index (χ1n) is 8.66. The molecular formula is C19H20N6O. The van der Waals surface area contributed by atoms with E-state index < -0.39 is 0 Å². The Labute approximate surface area is 151 Å². The van der Waals surface area contributed by atoms with Crippen LogP contribution in [-0.4, -0.2) is 36.5 Å². The third kappa shape index (κ3) is 3.78. The molecule has 0 amide bonds. The van der Waals surface area contributed by atoms with Crippen LogP contribution in [-0.2, 0) is 6.54 Å². The molecule has 0 spiro atoms. The topological polar surface area (TPSA) is 87.1 Å². The lowest BCUT2D eigenvalue weighted by Gasteiger charge is -2.24. The zero-order valence-corrected chi connectivity index (χ0v) is 14.3. The number of nitrogens with zero attached hydrogens (tertiary/aromatic N) is 5. The van der Waals surface area contributed by atoms with E-state index in [1.54, 1.807) is 36.9 Å². The van der Waals surface area contributed by atoms with Gasteiger partial charge in [0.2, 0.25) is 5.95 Å². The summed E-state index contributed by atoms with van der Waals surface area (Å²) in [6, 6.07) is 9.62. The number of phenolic OH excluding ortho intramolecular Hbond substituents is 1. The Kier molecular flexibility index (Phi) is 4.70. The van der Waals surface area contributed by atoms with Crippen LogP contribution in [0, 0.1) is 0 Å². The van der Waals surface area contributed by atoms with Gasteiger partial charge in [-0.3, -0.25) is 9.88 Å². The number of benzene rings is 1. The zero-order chi connectivity index (χ0) is 17.8. The van der Waals surface area contributed by atoms with E-state index in [4.69, 9.17) is 0 Å². The Morgan fingerprint density at radius 1 is 1.08 bits per heavy atom. The number of phenols is 1. The van der Waals surface area contributed by atoms with Gasteiger partial charge < -0.3 is 10.4 Å². The minimum atomic E-state index is 0.259. The van der Waals surface area contributed by atoms with Crippen LogP contribution in [0.4, 0.5) is 11.8 Å². The number of aromatic nitrogens is 4. The molecule has 7 heteroatoms. The standard InChI is InChI=1S/C19H20N6O/c26-15-5-3-14(4-6-15)13-25-11-1-2-17(25)16-7-8-22-19(23-16)24-18-12-20-9-10-21-18/h3-10,12,17,26H,1-2,11,13H2,(H,21,22,23,24)/t17-/m1/s1. The molecule has 1 aromatic carbocycles. The minimum Gasteiger partial charge on any atom is -0.508 e. The molecule has 1 saturated heterocycles. The van der Waals surface area contributed by atoms with Crippen molar-refractivity contribution in [1.82, 2.24) is 24.8 Å². The maximum absolute atomic E-state index is 9.45. The maximum Gasteiger partial charge on any atom is 0.228 e. The van der Waals surface area contributed by atoms with Crippen molar-refractivity contribution in [3.8, 4) is 5.75 Å². The molecule has 0 bridgehead atoms. The molecule has 1 atom stereocenters. The van der Waals surface area contributed by atoms with E-state index >= 15 is 0 Å². The van der Waals surface area contributed by atoms with Crippen LogP contribution in [0.1, 0.15) is 30.1 Å². The SMILES string of the molecule is Oc1ccc(CN2CCC[C@@H]2c2ccnc(Nc3cnccn3)n2)cc1. The van der Waals surface area contributed by atoms with Gasteiger partial charge in [-0.15, -0.1) is 0 Å². The molecule has 0 saturated carbocycles. The van der Waals surface area contributed by atoms with Crippen LogP contribution in [0.2, 0.25) is 0 Å². The van der Waals surface area contributed by atoms with E-state index in [9.17, 15) is 5.11 Å². The molecule has 4 rings (SSSR count). The Bertz CT molecular complexity index is 855. The third-order valence-corrected chi connectivity index (χ3v) is 4.51. The second-order valence-corrected chi connectivity index (χ2v) is 6.32. The van der Waals surface area contributed by atoms with Crippen molar-refractivity contribution in [3.63, 3.8) is 0 Å². The van der Waals surface area contributed by atoms with Crippen molar-refractivity contribution in [1.29, 1.82) is 0 Å². The van der Waals surface area contributed by atoms with Crippen LogP contribution in [0.25, 0.3) is 0 Å². The summed E-state index contributed by atoms with van der Waals surface area (Å²) in [4.78, 5) is 19.6. The summed E-state index contributed by atoms with van der Waals surface area (Å²) < 4.78 is 0. The highest BCUT2D eigenvalue weighted by Gasteiger charge is 2.27. The average molecular weight is 348 g/mol. The fourth-order valence-corrected chi connectivity index (χ4v) is 3.28. The highest BCUT2D eigenvalue weighted by molar-refractivity contribution is 5.45. The molecule has 0 unspecified atom stereocenters. The van der Waals surface area contributed by atoms with Gasteiger partial charge in [0.15, 0.2) is 5.82 Å². The molecule has 1 aliphatic heterocycles. The monoisotopic (exact) mass is 348 g/mol. The molecule has 3 aromatic rings. The van der Waals surface area contributed by atoms with Crippen molar-refractivity contribution in [2.45, 2.75) is 25.4 Å². The van der Waals surface area contributed by atoms with E-state index in [1.807, 2.05) is 18.2 Å². The molecule has 1 aliphatic rings. The quantitative estimate of drug-likeness (QED) is 0.733. The molecule has 26 heavy (non-hydrogen) atoms. The van der Waals surface area contributed by atoms with Gasteiger partial charge in [0.1, 0.15) is 5.75 Å². The maximum atomic E-state index is 9.45. The smallest absolute Gasteiger partial charge is 0.228 e. The van der Waals surface area contributed by atoms with Crippen LogP contribution in [0.3, 0.4) is 0 Å². The Balaban J connectivity index is 1.50. The molecule has 3 heterocycles. The van der Waals surface area contributed by atoms with Crippen LogP contribution >= 0.6 is 0 Å². The number of anilines is 2. The Morgan fingerprint density at radius 3 is 2.77 bits per heavy atom. The Hall–Kier alpha value is -3.06. The molecule has 2 N–H and O–H groups in total. The molecule has 7 nitrogen and oxygen atoms in total. The van der Waals surface area contributed by atoms with E-state index in [2.05, 4.69) is 30.2 Å². The summed E-state index contributed by atoms with van der Waals surface area (Å²) in [5, 5.41) is 12.5. The van der Waals surface area contributed by atoms with Gasteiger partial charge in [-0.25, -0.2) is 15.0 Å². The van der Waals surface area contributed by atoms with E-state index in [0.29, 0.717) is 17.5 Å². The van der Waals surface area contributed by atoms with Gasteiger partial charge in [0.05, 0.1) is 17.9 Å². The molecular weight excluding hydrogens is 328 g/mol. The highest BCUT2D eigenvalue weighted by Crippen LogP contribution is 2.32. The number of likely N-dealkylation sites (tertiary alicyclic amines) is 1. The number of aromatic hydroxyl groups is 1. The second kappa shape index (κ2) is 7.45. The third-order valence-electron chi connectivity index (χ3n) is 4.51. The predicted molar refractivity (Wildman–Crippen MR) is 97.8 cm³/mol. The van der Waals surface area contributed by atoms with Crippen molar-refractivity contribution in [2.75, 3.05) is 11.9 Å². The summed E-state index contributed by atoms with van der Waals surface area (Å²) in [5.74, 6) is 1.44. The molecule has 0 aliphatic carbocycles. The second-order valence-electron chi connectivity index (χ2n) is 6.32. The summed E-state index contributed by atoms with van der Waals surface area (Å²) in [7, 11) is 0. The molecule has 132 valence electrons. The van der Waals surface area contributed by atoms with Gasteiger partial charge in [0, 0.05) is 25.1 Å². The van der Waals surface area contributed by atoms with Crippen molar-refractivity contribution >= 4 is 11.8 Å². The minimum absolute atomic E-state index is 0.259. The van der Waals surface area contributed by atoms with Crippen molar-refractivity contribution in [2.24, 2.45) is 0 Å². The van der Waals surface area contributed by atoms with E-state index in [1.165, 1.54) is 5.56 Å². The van der Waals surface area contributed by atoms with Gasteiger partial charge in [-0.05, 0) is 43.1 Å². The first-order valence-corrected chi connectivity index (χ1v) is 8.66. The fourth-order valence-electron chi connectivity index (χ4n) is 3.28. The molecule has 0 radical (unpaired) electrons. The molecule has 1 fully saturated rings. The number of nitrogens with one attached hydrogen (secondary N) is 1. The lowest BCUT2D eigenvalue weighted by molar-refractivity contribution is 0.244. The van der Waals surface area contributed by atoms with Crippen molar-refractivity contribution < 1.29 is 5.11 Å². The summed E-state index contributed by atoms with van der Waals surface area (Å²) in [5.41, 5.74) is 2.18. The first-order chi connectivity index (χ1) is 12.8. The van der Waals surface area contributed by atoms with E-state index in [-0.39, 0.29) is 6.04 Å². The van der Waals surface area contributed by atoms with Gasteiger partial charge >= 0.3 is 0 Å². The van der Waals surface area contributed by atoms with Gasteiger partial charge in [-0.2, -0.15) is 0 Å². The van der Waals surface area contributed by atoms with Gasteiger partial charge in [0.25, 0.3) is 0 Å². The van der Waals surface area contributed by atoms with Crippen molar-refractivity contribution in [3.05, 3.63) is 66.4 Å². The lowest BCUT2D eigenvalue weighted by Crippen LogP contribution is -2.23. The van der Waals surface area contributed by atoms with Crippen LogP contribution in [0.15, 0.2) is 55.1 Å². The average Bonchev–Trinajstić information content (AvgIpc) is 3.13. The van der Waals surface area contributed by atoms with E-state index in [0.717, 1.165) is 31.6 Å².